The third-order valence-electron chi connectivity index (χ3n) is 4.99. The van der Waals surface area contributed by atoms with Gasteiger partial charge in [0.15, 0.2) is 0 Å². The van der Waals surface area contributed by atoms with Crippen molar-refractivity contribution in [3.05, 3.63) is 35.6 Å². The maximum Gasteiger partial charge on any atom is 0.227 e. The summed E-state index contributed by atoms with van der Waals surface area (Å²) in [6, 6.07) is 6.49. The number of hydrogen-bond acceptors (Lipinski definition) is 3. The van der Waals surface area contributed by atoms with Crippen LogP contribution >= 0.6 is 0 Å². The van der Waals surface area contributed by atoms with Gasteiger partial charge in [-0.2, -0.15) is 0 Å². The number of carbonyl (C=O) groups is 1. The van der Waals surface area contributed by atoms with Crippen molar-refractivity contribution >= 4 is 5.91 Å². The van der Waals surface area contributed by atoms with Gasteiger partial charge in [-0.3, -0.25) is 4.79 Å². The average molecular weight is 320 g/mol. The summed E-state index contributed by atoms with van der Waals surface area (Å²) in [6.45, 7) is 2.70. The van der Waals surface area contributed by atoms with Gasteiger partial charge < -0.3 is 15.4 Å². The minimum absolute atomic E-state index is 0.103. The van der Waals surface area contributed by atoms with E-state index in [0.29, 0.717) is 19.1 Å². The Bertz CT molecular complexity index is 534. The molecule has 0 saturated carbocycles. The first-order valence-electron chi connectivity index (χ1n) is 8.50. The quantitative estimate of drug-likeness (QED) is 0.926. The molecular weight excluding hydrogens is 295 g/mol. The predicted molar refractivity (Wildman–Crippen MR) is 86.3 cm³/mol. The van der Waals surface area contributed by atoms with Crippen LogP contribution in [-0.2, 0) is 16.0 Å². The molecule has 126 valence electrons. The number of carbonyl (C=O) groups excluding carboxylic acids is 1. The molecule has 2 fully saturated rings. The summed E-state index contributed by atoms with van der Waals surface area (Å²) >= 11 is 0. The first-order chi connectivity index (χ1) is 11.1. The molecule has 3 atom stereocenters. The third kappa shape index (κ3) is 4.09. The molecule has 2 aliphatic rings. The SMILES string of the molecule is N[C@@H]1COCC[C@H]1C(=O)N1CCCC(Cc2ccc(F)cc2)C1. The second-order valence-corrected chi connectivity index (χ2v) is 6.76. The van der Waals surface area contributed by atoms with E-state index in [-0.39, 0.29) is 23.7 Å². The van der Waals surface area contributed by atoms with E-state index in [4.69, 9.17) is 10.5 Å². The van der Waals surface area contributed by atoms with Crippen molar-refractivity contribution in [3.8, 4) is 0 Å². The number of piperidine rings is 1. The summed E-state index contributed by atoms with van der Waals surface area (Å²) in [5, 5.41) is 0. The third-order valence-corrected chi connectivity index (χ3v) is 4.99. The van der Waals surface area contributed by atoms with Crippen LogP contribution in [0, 0.1) is 17.7 Å². The van der Waals surface area contributed by atoms with Crippen molar-refractivity contribution in [1.82, 2.24) is 4.90 Å². The zero-order chi connectivity index (χ0) is 16.2. The maximum atomic E-state index is 13.0. The van der Waals surface area contributed by atoms with Crippen LogP contribution in [0.5, 0.6) is 0 Å². The van der Waals surface area contributed by atoms with Crippen LogP contribution in [0.25, 0.3) is 0 Å². The molecule has 1 aromatic carbocycles. The topological polar surface area (TPSA) is 55.6 Å². The van der Waals surface area contributed by atoms with Gasteiger partial charge >= 0.3 is 0 Å². The lowest BCUT2D eigenvalue weighted by Gasteiger charge is -2.37. The van der Waals surface area contributed by atoms with Crippen molar-refractivity contribution in [2.24, 2.45) is 17.6 Å². The highest BCUT2D eigenvalue weighted by Crippen LogP contribution is 2.24. The van der Waals surface area contributed by atoms with E-state index < -0.39 is 0 Å². The van der Waals surface area contributed by atoms with E-state index in [0.717, 1.165) is 44.3 Å². The van der Waals surface area contributed by atoms with Crippen molar-refractivity contribution in [1.29, 1.82) is 0 Å². The van der Waals surface area contributed by atoms with Gasteiger partial charge in [0.2, 0.25) is 5.91 Å². The Hall–Kier alpha value is -1.46. The Morgan fingerprint density at radius 3 is 2.83 bits per heavy atom. The summed E-state index contributed by atoms with van der Waals surface area (Å²) in [5.74, 6) is 0.315. The van der Waals surface area contributed by atoms with Gasteiger partial charge in [-0.25, -0.2) is 4.39 Å². The van der Waals surface area contributed by atoms with Crippen LogP contribution in [-0.4, -0.2) is 43.2 Å². The highest BCUT2D eigenvalue weighted by Gasteiger charge is 2.34. The Morgan fingerprint density at radius 2 is 2.09 bits per heavy atom. The number of rotatable bonds is 3. The molecule has 2 N–H and O–H groups in total. The Kier molecular flexibility index (Phi) is 5.28. The van der Waals surface area contributed by atoms with Crippen LogP contribution in [0.2, 0.25) is 0 Å². The second-order valence-electron chi connectivity index (χ2n) is 6.76. The second kappa shape index (κ2) is 7.41. The molecule has 0 spiro atoms. The van der Waals surface area contributed by atoms with Gasteiger partial charge in [0.25, 0.3) is 0 Å². The molecule has 23 heavy (non-hydrogen) atoms. The predicted octanol–water partition coefficient (Wildman–Crippen LogP) is 1.97. The van der Waals surface area contributed by atoms with Crippen LogP contribution in [0.4, 0.5) is 4.39 Å². The van der Waals surface area contributed by atoms with Crippen molar-refractivity contribution in [2.75, 3.05) is 26.3 Å². The summed E-state index contributed by atoms with van der Waals surface area (Å²) < 4.78 is 18.3. The molecule has 3 rings (SSSR count). The van der Waals surface area contributed by atoms with E-state index in [1.54, 1.807) is 0 Å². The Balaban J connectivity index is 1.59. The molecule has 4 nitrogen and oxygen atoms in total. The zero-order valence-electron chi connectivity index (χ0n) is 13.4. The highest BCUT2D eigenvalue weighted by atomic mass is 19.1. The molecule has 5 heteroatoms. The van der Waals surface area contributed by atoms with E-state index >= 15 is 0 Å². The first kappa shape index (κ1) is 16.4. The minimum atomic E-state index is -0.206. The fraction of sp³-hybridized carbons (Fsp3) is 0.611. The van der Waals surface area contributed by atoms with Crippen molar-refractivity contribution < 1.29 is 13.9 Å². The van der Waals surface area contributed by atoms with Crippen LogP contribution in [0.15, 0.2) is 24.3 Å². The van der Waals surface area contributed by atoms with Gasteiger partial charge in [0, 0.05) is 25.7 Å². The molecule has 1 amide bonds. The van der Waals surface area contributed by atoms with Gasteiger partial charge in [0.05, 0.1) is 12.5 Å². The fourth-order valence-corrected chi connectivity index (χ4v) is 3.69. The maximum absolute atomic E-state index is 13.0. The number of likely N-dealkylation sites (tertiary alicyclic amines) is 1. The molecule has 0 aliphatic carbocycles. The lowest BCUT2D eigenvalue weighted by atomic mass is 9.88. The lowest BCUT2D eigenvalue weighted by molar-refractivity contribution is -0.141. The van der Waals surface area contributed by atoms with Gasteiger partial charge in [-0.05, 0) is 49.3 Å². The number of nitrogens with two attached hydrogens (primary N) is 1. The Morgan fingerprint density at radius 1 is 1.30 bits per heavy atom. The molecule has 0 bridgehead atoms. The molecule has 2 aliphatic heterocycles. The fourth-order valence-electron chi connectivity index (χ4n) is 3.69. The number of nitrogens with zero attached hydrogens (tertiary/aromatic N) is 1. The van der Waals surface area contributed by atoms with Crippen molar-refractivity contribution in [2.45, 2.75) is 31.7 Å². The lowest BCUT2D eigenvalue weighted by Crippen LogP contribution is -2.51. The van der Waals surface area contributed by atoms with Gasteiger partial charge in [-0.1, -0.05) is 12.1 Å². The van der Waals surface area contributed by atoms with Crippen LogP contribution < -0.4 is 5.73 Å². The molecule has 2 heterocycles. The standard InChI is InChI=1S/C18H25FN2O2/c19-15-5-3-13(4-6-15)10-14-2-1-8-21(11-14)18(22)16-7-9-23-12-17(16)20/h3-6,14,16-17H,1-2,7-12,20H2/t14?,16-,17-/m1/s1. The largest absolute Gasteiger partial charge is 0.380 e. The number of halogens is 1. The molecular formula is C18H25FN2O2. The normalized spacial score (nSPS) is 28.6. The zero-order valence-corrected chi connectivity index (χ0v) is 13.4. The van der Waals surface area contributed by atoms with Crippen molar-refractivity contribution in [3.63, 3.8) is 0 Å². The smallest absolute Gasteiger partial charge is 0.227 e. The van der Waals surface area contributed by atoms with Gasteiger partial charge in [-0.15, -0.1) is 0 Å². The number of hydrogen-bond donors (Lipinski definition) is 1. The van der Waals surface area contributed by atoms with E-state index in [1.807, 2.05) is 17.0 Å². The average Bonchev–Trinajstić information content (AvgIpc) is 2.57. The van der Waals surface area contributed by atoms with Crippen LogP contribution in [0.3, 0.4) is 0 Å². The Labute approximate surface area is 136 Å². The van der Waals surface area contributed by atoms with E-state index in [1.165, 1.54) is 12.1 Å². The molecule has 1 aromatic rings. The minimum Gasteiger partial charge on any atom is -0.380 e. The first-order valence-corrected chi connectivity index (χ1v) is 8.50. The van der Waals surface area contributed by atoms with Crippen LogP contribution in [0.1, 0.15) is 24.8 Å². The number of benzene rings is 1. The number of amides is 1. The summed E-state index contributed by atoms with van der Waals surface area (Å²) in [6.07, 6.45) is 3.75. The van der Waals surface area contributed by atoms with E-state index in [9.17, 15) is 9.18 Å². The monoisotopic (exact) mass is 320 g/mol. The summed E-state index contributed by atoms with van der Waals surface area (Å²) in [7, 11) is 0. The molecule has 0 aromatic heterocycles. The van der Waals surface area contributed by atoms with Gasteiger partial charge in [0.1, 0.15) is 5.82 Å². The summed E-state index contributed by atoms with van der Waals surface area (Å²) in [5.41, 5.74) is 7.18. The molecule has 2 saturated heterocycles. The summed E-state index contributed by atoms with van der Waals surface area (Å²) in [4.78, 5) is 14.7. The van der Waals surface area contributed by atoms with E-state index in [2.05, 4.69) is 0 Å². The highest BCUT2D eigenvalue weighted by molar-refractivity contribution is 5.79. The molecule has 1 unspecified atom stereocenters. The number of ether oxygens (including phenoxy) is 1. The molecule has 0 radical (unpaired) electrons.